The van der Waals surface area contributed by atoms with Crippen molar-refractivity contribution in [3.8, 4) is 0 Å². The van der Waals surface area contributed by atoms with Gasteiger partial charge in [0.25, 0.3) is 0 Å². The Morgan fingerprint density at radius 3 is 2.20 bits per heavy atom. The number of anilines is 1. The van der Waals surface area contributed by atoms with Crippen LogP contribution in [0.3, 0.4) is 0 Å². The van der Waals surface area contributed by atoms with Crippen LogP contribution in [0.1, 0.15) is 0 Å². The normalized spacial score (nSPS) is 10.8. The lowest BCUT2D eigenvalue weighted by Crippen LogP contribution is -2.35. The number of ether oxygens (including phenoxy) is 1. The first-order chi connectivity index (χ1) is 6.96. The third-order valence-corrected chi connectivity index (χ3v) is 2.69. The molecule has 1 amide bonds. The summed E-state index contributed by atoms with van der Waals surface area (Å²) in [6, 6.07) is 8.02. The van der Waals surface area contributed by atoms with Gasteiger partial charge in [-0.15, -0.1) is 0 Å². The first kappa shape index (κ1) is 11.5. The predicted octanol–water partition coefficient (Wildman–Crippen LogP) is 1.22. The summed E-state index contributed by atoms with van der Waals surface area (Å²) in [5.41, 5.74) is 0.256. The topological polar surface area (TPSA) is 63.7 Å². The Morgan fingerprint density at radius 1 is 1.27 bits per heavy atom. The minimum atomic E-state index is -3.67. The largest absolute Gasteiger partial charge is 0.452 e. The van der Waals surface area contributed by atoms with Gasteiger partial charge in [0.05, 0.1) is 19.1 Å². The van der Waals surface area contributed by atoms with E-state index in [1.54, 1.807) is 18.2 Å². The molecule has 0 heterocycles. The van der Waals surface area contributed by atoms with Crippen LogP contribution in [0, 0.1) is 0 Å². The van der Waals surface area contributed by atoms with Crippen LogP contribution >= 0.6 is 0 Å². The van der Waals surface area contributed by atoms with E-state index in [1.165, 1.54) is 12.1 Å². The molecule has 1 rings (SSSR count). The molecule has 0 bridgehead atoms. The number of sulfonamides is 1. The monoisotopic (exact) mass is 229 g/mol. The molecule has 0 radical (unpaired) electrons. The van der Waals surface area contributed by atoms with Crippen molar-refractivity contribution < 1.29 is 17.9 Å². The first-order valence-electron chi connectivity index (χ1n) is 4.10. The number of hydrogen-bond acceptors (Lipinski definition) is 4. The highest BCUT2D eigenvalue weighted by molar-refractivity contribution is 7.92. The van der Waals surface area contributed by atoms with E-state index in [-0.39, 0.29) is 5.69 Å². The summed E-state index contributed by atoms with van der Waals surface area (Å²) in [7, 11) is -2.54. The van der Waals surface area contributed by atoms with Gasteiger partial charge in [0.1, 0.15) is 0 Å². The van der Waals surface area contributed by atoms with E-state index in [1.807, 2.05) is 0 Å². The van der Waals surface area contributed by atoms with Crippen molar-refractivity contribution in [1.82, 2.24) is 0 Å². The molecule has 0 atom stereocenters. The molecular weight excluding hydrogens is 218 g/mol. The van der Waals surface area contributed by atoms with Gasteiger partial charge in [0.2, 0.25) is 10.0 Å². The summed E-state index contributed by atoms with van der Waals surface area (Å²) in [6.45, 7) is 0. The maximum Gasteiger partial charge on any atom is 0.428 e. The third-order valence-electron chi connectivity index (χ3n) is 1.66. The summed E-state index contributed by atoms with van der Waals surface area (Å²) >= 11 is 0. The van der Waals surface area contributed by atoms with Crippen LogP contribution in [0.15, 0.2) is 30.3 Å². The number of para-hydroxylation sites is 1. The van der Waals surface area contributed by atoms with E-state index < -0.39 is 16.1 Å². The Morgan fingerprint density at radius 2 is 1.80 bits per heavy atom. The van der Waals surface area contributed by atoms with Gasteiger partial charge in [-0.2, -0.15) is 4.31 Å². The number of nitrogens with zero attached hydrogens (tertiary/aromatic N) is 1. The Labute approximate surface area is 88.3 Å². The third kappa shape index (κ3) is 2.69. The van der Waals surface area contributed by atoms with E-state index in [9.17, 15) is 13.2 Å². The van der Waals surface area contributed by atoms with Crippen molar-refractivity contribution in [3.63, 3.8) is 0 Å². The van der Waals surface area contributed by atoms with Crippen LogP contribution in [-0.4, -0.2) is 27.9 Å². The van der Waals surface area contributed by atoms with Crippen LogP contribution in [0.25, 0.3) is 0 Å². The molecule has 0 unspecified atom stereocenters. The van der Waals surface area contributed by atoms with Crippen molar-refractivity contribution in [1.29, 1.82) is 0 Å². The fourth-order valence-corrected chi connectivity index (χ4v) is 1.93. The highest BCUT2D eigenvalue weighted by Gasteiger charge is 2.25. The molecule has 5 nitrogen and oxygen atoms in total. The zero-order valence-electron chi connectivity index (χ0n) is 8.38. The second-order valence-corrected chi connectivity index (χ2v) is 4.66. The van der Waals surface area contributed by atoms with Crippen molar-refractivity contribution in [2.24, 2.45) is 0 Å². The zero-order valence-corrected chi connectivity index (χ0v) is 9.19. The number of rotatable bonds is 2. The fourth-order valence-electron chi connectivity index (χ4n) is 1.08. The predicted molar refractivity (Wildman–Crippen MR) is 56.2 cm³/mol. The molecule has 0 fully saturated rings. The molecule has 0 spiro atoms. The van der Waals surface area contributed by atoms with Gasteiger partial charge in [-0.25, -0.2) is 13.2 Å². The van der Waals surface area contributed by atoms with Gasteiger partial charge in [0.15, 0.2) is 0 Å². The Hall–Kier alpha value is -1.56. The van der Waals surface area contributed by atoms with Gasteiger partial charge >= 0.3 is 6.09 Å². The molecule has 1 aromatic rings. The fraction of sp³-hybridized carbons (Fsp3) is 0.222. The van der Waals surface area contributed by atoms with Crippen LogP contribution in [-0.2, 0) is 14.8 Å². The van der Waals surface area contributed by atoms with Crippen molar-refractivity contribution in [3.05, 3.63) is 30.3 Å². The lowest BCUT2D eigenvalue weighted by molar-refractivity contribution is 0.183. The highest BCUT2D eigenvalue weighted by Crippen LogP contribution is 2.17. The van der Waals surface area contributed by atoms with E-state index in [4.69, 9.17) is 0 Å². The summed E-state index contributed by atoms with van der Waals surface area (Å²) in [6.07, 6.45) is 0.0143. The maximum atomic E-state index is 11.4. The van der Waals surface area contributed by atoms with Gasteiger partial charge in [-0.1, -0.05) is 18.2 Å². The Bertz CT molecular complexity index is 440. The van der Waals surface area contributed by atoms with Crippen LogP contribution in [0.4, 0.5) is 10.5 Å². The molecule has 82 valence electrons. The summed E-state index contributed by atoms with van der Waals surface area (Å²) < 4.78 is 27.7. The highest BCUT2D eigenvalue weighted by atomic mass is 32.2. The molecule has 0 aliphatic heterocycles. The quantitative estimate of drug-likeness (QED) is 0.764. The number of benzene rings is 1. The molecule has 0 saturated carbocycles. The lowest BCUT2D eigenvalue weighted by atomic mass is 10.3. The van der Waals surface area contributed by atoms with Gasteiger partial charge < -0.3 is 4.74 Å². The smallest absolute Gasteiger partial charge is 0.428 e. The van der Waals surface area contributed by atoms with Crippen LogP contribution in [0.2, 0.25) is 0 Å². The molecule has 1 aromatic carbocycles. The summed E-state index contributed by atoms with van der Waals surface area (Å²) in [5, 5.41) is 0. The Kier molecular flexibility index (Phi) is 3.31. The maximum absolute atomic E-state index is 11.4. The number of carbonyl (C=O) groups is 1. The zero-order chi connectivity index (χ0) is 11.5. The molecule has 0 aromatic heterocycles. The van der Waals surface area contributed by atoms with Crippen molar-refractivity contribution in [2.75, 3.05) is 17.7 Å². The van der Waals surface area contributed by atoms with E-state index in [0.29, 0.717) is 4.31 Å². The van der Waals surface area contributed by atoms with Crippen LogP contribution in [0.5, 0.6) is 0 Å². The molecule has 6 heteroatoms. The molecule has 0 N–H and O–H groups in total. The van der Waals surface area contributed by atoms with E-state index in [0.717, 1.165) is 13.4 Å². The Balaban J connectivity index is 3.20. The number of methoxy groups -OCH3 is 1. The standard InChI is InChI=1S/C9H11NO4S/c1-14-9(11)10(15(2,12)13)8-6-4-3-5-7-8/h3-7H,1-2H3. The molecule has 0 saturated heterocycles. The van der Waals surface area contributed by atoms with E-state index in [2.05, 4.69) is 4.74 Å². The molecular formula is C9H11NO4S. The second-order valence-electron chi connectivity index (χ2n) is 2.83. The van der Waals surface area contributed by atoms with E-state index >= 15 is 0 Å². The number of carbonyl (C=O) groups excluding carboxylic acids is 1. The van der Waals surface area contributed by atoms with Crippen LogP contribution < -0.4 is 4.31 Å². The minimum Gasteiger partial charge on any atom is -0.452 e. The van der Waals surface area contributed by atoms with Gasteiger partial charge in [0, 0.05) is 0 Å². The molecule has 15 heavy (non-hydrogen) atoms. The second kappa shape index (κ2) is 4.31. The minimum absolute atomic E-state index is 0.256. The SMILES string of the molecule is COC(=O)N(c1ccccc1)S(C)(=O)=O. The average molecular weight is 229 g/mol. The van der Waals surface area contributed by atoms with Gasteiger partial charge in [-0.3, -0.25) is 0 Å². The first-order valence-corrected chi connectivity index (χ1v) is 5.95. The lowest BCUT2D eigenvalue weighted by Gasteiger charge is -2.18. The average Bonchev–Trinajstić information content (AvgIpc) is 2.17. The molecule has 0 aliphatic rings. The van der Waals surface area contributed by atoms with Crippen molar-refractivity contribution in [2.45, 2.75) is 0 Å². The van der Waals surface area contributed by atoms with Crippen molar-refractivity contribution >= 4 is 21.8 Å². The molecule has 0 aliphatic carbocycles. The summed E-state index contributed by atoms with van der Waals surface area (Å²) in [4.78, 5) is 11.3. The summed E-state index contributed by atoms with van der Waals surface area (Å²) in [5.74, 6) is 0. The number of amides is 1. The van der Waals surface area contributed by atoms with Gasteiger partial charge in [-0.05, 0) is 12.1 Å². The number of hydrogen-bond donors (Lipinski definition) is 0.